The lowest BCUT2D eigenvalue weighted by atomic mass is 10.1. The molecule has 4 amide bonds. The molecule has 8 nitrogen and oxygen atoms in total. The van der Waals surface area contributed by atoms with Gasteiger partial charge >= 0.3 is 6.03 Å². The fourth-order valence-electron chi connectivity index (χ4n) is 3.55. The third kappa shape index (κ3) is 6.15. The van der Waals surface area contributed by atoms with Gasteiger partial charge in [0.05, 0.1) is 12.8 Å². The Morgan fingerprint density at radius 2 is 1.84 bits per heavy atom. The van der Waals surface area contributed by atoms with Crippen molar-refractivity contribution in [2.75, 3.05) is 19.0 Å². The molecule has 0 radical (unpaired) electrons. The Labute approximate surface area is 221 Å². The monoisotopic (exact) mass is 567 g/mol. The number of ether oxygens (including phenoxy) is 2. The number of methoxy groups -OCH3 is 1. The molecule has 1 saturated heterocycles. The first-order chi connectivity index (χ1) is 17.7. The molecule has 0 spiro atoms. The highest BCUT2D eigenvalue weighted by molar-refractivity contribution is 9.10. The van der Waals surface area contributed by atoms with E-state index in [0.29, 0.717) is 28.1 Å². The lowest BCUT2D eigenvalue weighted by Gasteiger charge is -2.13. The standard InChI is InChI=1S/C27H23BrFN3O5/c1-16-7-9-17(10-8-16)15-37-24-13-19(28)18(12-23(24)36-2)11-22-26(34)32(27(35)31-22)14-25(33)30-21-6-4-3-5-20(21)29/h3-13H,14-15H2,1-2H3,(H,30,33)(H,31,35)/b22-11+. The molecular formula is C27H23BrFN3O5. The fourth-order valence-corrected chi connectivity index (χ4v) is 3.98. The number of halogens is 2. The van der Waals surface area contributed by atoms with Crippen molar-refractivity contribution in [3.05, 3.63) is 93.3 Å². The Hall–Kier alpha value is -4.18. The van der Waals surface area contributed by atoms with Gasteiger partial charge in [-0.3, -0.25) is 9.59 Å². The lowest BCUT2D eigenvalue weighted by Crippen LogP contribution is -2.38. The average molecular weight is 568 g/mol. The summed E-state index contributed by atoms with van der Waals surface area (Å²) in [5.74, 6) is -1.11. The molecule has 0 aromatic heterocycles. The van der Waals surface area contributed by atoms with Crippen molar-refractivity contribution in [3.8, 4) is 11.5 Å². The molecule has 0 aliphatic carbocycles. The highest BCUT2D eigenvalue weighted by Gasteiger charge is 2.35. The molecule has 1 heterocycles. The van der Waals surface area contributed by atoms with Gasteiger partial charge in [0, 0.05) is 4.47 Å². The summed E-state index contributed by atoms with van der Waals surface area (Å²) in [4.78, 5) is 38.3. The van der Waals surface area contributed by atoms with Crippen molar-refractivity contribution in [2.45, 2.75) is 13.5 Å². The molecule has 3 aromatic carbocycles. The second kappa shape index (κ2) is 11.3. The molecular weight excluding hydrogens is 545 g/mol. The van der Waals surface area contributed by atoms with Gasteiger partial charge in [0.1, 0.15) is 24.7 Å². The summed E-state index contributed by atoms with van der Waals surface area (Å²) in [6.07, 6.45) is 1.46. The first-order valence-electron chi connectivity index (χ1n) is 11.2. The number of hydrogen-bond donors (Lipinski definition) is 2. The van der Waals surface area contributed by atoms with Gasteiger partial charge in [-0.25, -0.2) is 14.1 Å². The number of anilines is 1. The van der Waals surface area contributed by atoms with Crippen LogP contribution in [0.1, 0.15) is 16.7 Å². The van der Waals surface area contributed by atoms with E-state index in [0.717, 1.165) is 16.0 Å². The van der Waals surface area contributed by atoms with E-state index in [2.05, 4.69) is 26.6 Å². The number of imide groups is 1. The summed E-state index contributed by atoms with van der Waals surface area (Å²) in [7, 11) is 1.50. The summed E-state index contributed by atoms with van der Waals surface area (Å²) >= 11 is 3.47. The van der Waals surface area contributed by atoms with Gasteiger partial charge in [-0.2, -0.15) is 0 Å². The minimum Gasteiger partial charge on any atom is -0.493 e. The minimum absolute atomic E-state index is 0.0280. The summed E-state index contributed by atoms with van der Waals surface area (Å²) in [6.45, 7) is 1.77. The van der Waals surface area contributed by atoms with E-state index in [-0.39, 0.29) is 11.4 Å². The molecule has 4 rings (SSSR count). The van der Waals surface area contributed by atoms with E-state index in [4.69, 9.17) is 9.47 Å². The molecule has 3 aromatic rings. The zero-order valence-corrected chi connectivity index (χ0v) is 21.6. The predicted octanol–water partition coefficient (Wildman–Crippen LogP) is 5.02. The first kappa shape index (κ1) is 25.9. The van der Waals surface area contributed by atoms with Crippen LogP contribution in [0.5, 0.6) is 11.5 Å². The zero-order chi connectivity index (χ0) is 26.5. The van der Waals surface area contributed by atoms with Crippen molar-refractivity contribution in [1.82, 2.24) is 10.2 Å². The van der Waals surface area contributed by atoms with Crippen molar-refractivity contribution < 1.29 is 28.2 Å². The van der Waals surface area contributed by atoms with Crippen molar-refractivity contribution >= 4 is 45.5 Å². The Bertz CT molecular complexity index is 1390. The van der Waals surface area contributed by atoms with Crippen molar-refractivity contribution in [3.63, 3.8) is 0 Å². The van der Waals surface area contributed by atoms with Crippen LogP contribution in [0.3, 0.4) is 0 Å². The Balaban J connectivity index is 1.47. The zero-order valence-electron chi connectivity index (χ0n) is 20.0. The van der Waals surface area contributed by atoms with Crippen molar-refractivity contribution in [1.29, 1.82) is 0 Å². The first-order valence-corrected chi connectivity index (χ1v) is 12.0. The van der Waals surface area contributed by atoms with Crippen molar-refractivity contribution in [2.24, 2.45) is 0 Å². The van der Waals surface area contributed by atoms with Gasteiger partial charge < -0.3 is 20.1 Å². The number of aryl methyl sites for hydroxylation is 1. The molecule has 0 saturated carbocycles. The number of nitrogens with zero attached hydrogens (tertiary/aromatic N) is 1. The van der Waals surface area contributed by atoms with E-state index in [1.165, 1.54) is 31.4 Å². The molecule has 1 fully saturated rings. The van der Waals surface area contributed by atoms with E-state index in [1.807, 2.05) is 31.2 Å². The van der Waals surface area contributed by atoms with Gasteiger partial charge in [-0.05, 0) is 48.4 Å². The van der Waals surface area contributed by atoms with Gasteiger partial charge in [0.2, 0.25) is 5.91 Å². The Kier molecular flexibility index (Phi) is 7.88. The molecule has 0 bridgehead atoms. The molecule has 0 atom stereocenters. The van der Waals surface area contributed by atoms with Gasteiger partial charge in [0.25, 0.3) is 5.91 Å². The number of urea groups is 1. The molecule has 37 heavy (non-hydrogen) atoms. The Morgan fingerprint density at radius 3 is 2.54 bits per heavy atom. The summed E-state index contributed by atoms with van der Waals surface area (Å²) in [5, 5.41) is 4.82. The largest absolute Gasteiger partial charge is 0.493 e. The highest BCUT2D eigenvalue weighted by Crippen LogP contribution is 2.35. The quantitative estimate of drug-likeness (QED) is 0.294. The number of hydrogen-bond acceptors (Lipinski definition) is 5. The second-order valence-corrected chi connectivity index (χ2v) is 9.06. The molecule has 190 valence electrons. The number of carbonyl (C=O) groups excluding carboxylic acids is 3. The summed E-state index contributed by atoms with van der Waals surface area (Å²) < 4.78 is 25.8. The van der Waals surface area contributed by atoms with Crippen LogP contribution >= 0.6 is 15.9 Å². The number of amides is 4. The van der Waals surface area contributed by atoms with Gasteiger partial charge in [-0.15, -0.1) is 0 Å². The van der Waals surface area contributed by atoms with E-state index in [1.54, 1.807) is 18.2 Å². The molecule has 1 aliphatic heterocycles. The molecule has 2 N–H and O–H groups in total. The predicted molar refractivity (Wildman–Crippen MR) is 139 cm³/mol. The summed E-state index contributed by atoms with van der Waals surface area (Å²) in [5.41, 5.74) is 2.62. The maximum atomic E-state index is 13.8. The van der Waals surface area contributed by atoms with Crippen LogP contribution < -0.4 is 20.1 Å². The number of carbonyl (C=O) groups is 3. The van der Waals surface area contributed by atoms with E-state index >= 15 is 0 Å². The van der Waals surface area contributed by atoms with Crippen LogP contribution in [-0.4, -0.2) is 36.4 Å². The normalized spacial score (nSPS) is 14.1. The summed E-state index contributed by atoms with van der Waals surface area (Å²) in [6, 6.07) is 16.2. The van der Waals surface area contributed by atoms with Crippen LogP contribution in [0.2, 0.25) is 0 Å². The van der Waals surface area contributed by atoms with Crippen LogP contribution in [0.25, 0.3) is 6.08 Å². The van der Waals surface area contributed by atoms with Gasteiger partial charge in [-0.1, -0.05) is 57.9 Å². The fraction of sp³-hybridized carbons (Fsp3) is 0.148. The Morgan fingerprint density at radius 1 is 1.11 bits per heavy atom. The lowest BCUT2D eigenvalue weighted by molar-refractivity contribution is -0.127. The number of nitrogens with one attached hydrogen (secondary N) is 2. The molecule has 0 unspecified atom stereocenters. The van der Waals surface area contributed by atoms with E-state index < -0.39 is 30.2 Å². The number of para-hydroxylation sites is 1. The molecule has 1 aliphatic rings. The van der Waals surface area contributed by atoms with Crippen LogP contribution in [0, 0.1) is 12.7 Å². The van der Waals surface area contributed by atoms with E-state index in [9.17, 15) is 18.8 Å². The number of rotatable bonds is 8. The molecule has 10 heteroatoms. The highest BCUT2D eigenvalue weighted by atomic mass is 79.9. The van der Waals surface area contributed by atoms with Crippen LogP contribution in [0.4, 0.5) is 14.9 Å². The third-order valence-corrected chi connectivity index (χ3v) is 6.20. The van der Waals surface area contributed by atoms with Crippen LogP contribution in [-0.2, 0) is 16.2 Å². The van der Waals surface area contributed by atoms with Gasteiger partial charge in [0.15, 0.2) is 11.5 Å². The topological polar surface area (TPSA) is 97.0 Å². The maximum absolute atomic E-state index is 13.8. The smallest absolute Gasteiger partial charge is 0.329 e. The van der Waals surface area contributed by atoms with Crippen LogP contribution in [0.15, 0.2) is 70.8 Å². The third-order valence-electron chi connectivity index (χ3n) is 5.51. The maximum Gasteiger partial charge on any atom is 0.329 e. The second-order valence-electron chi connectivity index (χ2n) is 8.21. The average Bonchev–Trinajstić information content (AvgIpc) is 3.13. The SMILES string of the molecule is COc1cc(/C=C2/NC(=O)N(CC(=O)Nc3ccccc3F)C2=O)c(Br)cc1OCc1ccc(C)cc1. The number of benzene rings is 3. The minimum atomic E-state index is -0.763.